The van der Waals surface area contributed by atoms with Crippen LogP contribution in [0.15, 0.2) is 84.9 Å². The molecule has 0 bridgehead atoms. The van der Waals surface area contributed by atoms with Crippen LogP contribution in [0.3, 0.4) is 0 Å². The summed E-state index contributed by atoms with van der Waals surface area (Å²) in [4.78, 5) is 0. The molecule has 2 atom stereocenters. The van der Waals surface area contributed by atoms with Crippen molar-refractivity contribution < 1.29 is 0 Å². The van der Waals surface area contributed by atoms with Gasteiger partial charge >= 0.3 is 0 Å². The first-order valence-corrected chi connectivity index (χ1v) is 12.0. The Morgan fingerprint density at radius 3 is 1.71 bits per heavy atom. The third-order valence-corrected chi connectivity index (χ3v) is 7.20. The van der Waals surface area contributed by atoms with Gasteiger partial charge in [0.15, 0.2) is 0 Å². The quantitative estimate of drug-likeness (QED) is 0.286. The number of nitrogens with zero attached hydrogens (tertiary/aromatic N) is 2. The summed E-state index contributed by atoms with van der Waals surface area (Å²) in [5, 5.41) is 25.0. The minimum absolute atomic E-state index is 0.0158. The van der Waals surface area contributed by atoms with Crippen LogP contribution in [0.2, 0.25) is 0 Å². The lowest BCUT2D eigenvalue weighted by Gasteiger charge is -2.35. The van der Waals surface area contributed by atoms with Crippen LogP contribution in [0, 0.1) is 33.5 Å². The van der Waals surface area contributed by atoms with Crippen LogP contribution >= 0.6 is 0 Å². The highest BCUT2D eigenvalue weighted by atomic mass is 14.4. The molecule has 4 rings (SSSR count). The molecule has 0 saturated carbocycles. The number of hydrogen-bond donors (Lipinski definition) is 0. The molecule has 0 spiro atoms. The predicted molar refractivity (Wildman–Crippen MR) is 141 cm³/mol. The Balaban J connectivity index is 1.89. The zero-order chi connectivity index (χ0) is 24.3. The molecule has 0 N–H and O–H groups in total. The lowest BCUT2D eigenvalue weighted by Crippen LogP contribution is -2.25. The number of nitriles is 2. The Bertz CT molecular complexity index is 1390. The van der Waals surface area contributed by atoms with E-state index in [1.165, 1.54) is 32.7 Å². The SMILES string of the molecule is CC(C)(C#N)C[C@@H](C[C@H](c1cccc2ccccc12)C(C)(C)C#N)c1cccc2ccccc12. The van der Waals surface area contributed by atoms with Gasteiger partial charge in [-0.3, -0.25) is 0 Å². The fourth-order valence-electron chi connectivity index (χ4n) is 5.32. The maximum atomic E-state index is 10.2. The summed E-state index contributed by atoms with van der Waals surface area (Å²) in [6.07, 6.45) is 1.54. The minimum atomic E-state index is -0.566. The summed E-state index contributed by atoms with van der Waals surface area (Å²) in [6.45, 7) is 8.14. The highest BCUT2D eigenvalue weighted by molar-refractivity contribution is 5.87. The molecule has 4 aromatic rings. The molecular formula is C32H32N2. The Labute approximate surface area is 203 Å². The molecule has 0 unspecified atom stereocenters. The maximum absolute atomic E-state index is 10.2. The Hall–Kier alpha value is -3.62. The van der Waals surface area contributed by atoms with E-state index in [0.717, 1.165) is 12.8 Å². The predicted octanol–water partition coefficient (Wildman–Crippen LogP) is 8.74. The average molecular weight is 445 g/mol. The number of benzene rings is 4. The standard InChI is InChI=1S/C32H32N2/c1-31(2,21-33)20-25(28-17-9-13-23-11-5-7-15-26(23)28)19-30(32(3,4)22-34)29-18-10-14-24-12-6-8-16-27(24)29/h5-18,25,30H,19-20H2,1-4H3/t25-,30-/m1/s1. The van der Waals surface area contributed by atoms with Gasteiger partial charge in [-0.1, -0.05) is 84.9 Å². The zero-order valence-corrected chi connectivity index (χ0v) is 20.5. The molecule has 0 fully saturated rings. The van der Waals surface area contributed by atoms with Gasteiger partial charge in [-0.2, -0.15) is 10.5 Å². The van der Waals surface area contributed by atoms with E-state index in [2.05, 4.69) is 111 Å². The van der Waals surface area contributed by atoms with Crippen molar-refractivity contribution in [2.75, 3.05) is 0 Å². The van der Waals surface area contributed by atoms with Gasteiger partial charge in [-0.05, 0) is 79.1 Å². The minimum Gasteiger partial charge on any atom is -0.198 e. The summed E-state index contributed by atoms with van der Waals surface area (Å²) in [7, 11) is 0. The van der Waals surface area contributed by atoms with E-state index < -0.39 is 10.8 Å². The van der Waals surface area contributed by atoms with E-state index in [1.54, 1.807) is 0 Å². The van der Waals surface area contributed by atoms with Crippen LogP contribution in [0.4, 0.5) is 0 Å². The second-order valence-electron chi connectivity index (χ2n) is 10.7. The normalized spacial score (nSPS) is 13.8. The topological polar surface area (TPSA) is 47.6 Å². The third-order valence-electron chi connectivity index (χ3n) is 7.20. The third kappa shape index (κ3) is 4.69. The van der Waals surface area contributed by atoms with Crippen LogP contribution in [0.5, 0.6) is 0 Å². The van der Waals surface area contributed by atoms with Gasteiger partial charge in [0.25, 0.3) is 0 Å². The van der Waals surface area contributed by atoms with Crippen molar-refractivity contribution in [3.8, 4) is 12.1 Å². The molecule has 0 radical (unpaired) electrons. The number of fused-ring (bicyclic) bond motifs is 2. The summed E-state index contributed by atoms with van der Waals surface area (Å²) in [5.74, 6) is 0.152. The van der Waals surface area contributed by atoms with Gasteiger partial charge in [0, 0.05) is 5.92 Å². The maximum Gasteiger partial charge on any atom is 0.0690 e. The molecular weight excluding hydrogens is 412 g/mol. The molecule has 0 aliphatic rings. The van der Waals surface area contributed by atoms with Gasteiger partial charge < -0.3 is 0 Å². The van der Waals surface area contributed by atoms with Crippen molar-refractivity contribution in [1.29, 1.82) is 10.5 Å². The van der Waals surface area contributed by atoms with E-state index in [9.17, 15) is 10.5 Å². The van der Waals surface area contributed by atoms with Crippen LogP contribution in [0.25, 0.3) is 21.5 Å². The van der Waals surface area contributed by atoms with E-state index in [1.807, 2.05) is 13.8 Å². The Morgan fingerprint density at radius 2 is 1.15 bits per heavy atom. The summed E-state index contributed by atoms with van der Waals surface area (Å²) >= 11 is 0. The van der Waals surface area contributed by atoms with Gasteiger partial charge in [0.05, 0.1) is 23.0 Å². The molecule has 34 heavy (non-hydrogen) atoms. The van der Waals surface area contributed by atoms with Crippen molar-refractivity contribution in [2.24, 2.45) is 10.8 Å². The van der Waals surface area contributed by atoms with Gasteiger partial charge in [-0.15, -0.1) is 0 Å². The number of hydrogen-bond acceptors (Lipinski definition) is 2. The zero-order valence-electron chi connectivity index (χ0n) is 20.5. The first-order chi connectivity index (χ1) is 16.3. The lowest BCUT2D eigenvalue weighted by atomic mass is 9.67. The van der Waals surface area contributed by atoms with Gasteiger partial charge in [-0.25, -0.2) is 0 Å². The molecule has 2 heteroatoms. The van der Waals surface area contributed by atoms with Crippen molar-refractivity contribution in [1.82, 2.24) is 0 Å². The van der Waals surface area contributed by atoms with Crippen LogP contribution in [-0.2, 0) is 0 Å². The first-order valence-electron chi connectivity index (χ1n) is 12.0. The van der Waals surface area contributed by atoms with Crippen molar-refractivity contribution >= 4 is 21.5 Å². The fourth-order valence-corrected chi connectivity index (χ4v) is 5.32. The van der Waals surface area contributed by atoms with Crippen molar-refractivity contribution in [3.63, 3.8) is 0 Å². The van der Waals surface area contributed by atoms with Crippen molar-refractivity contribution in [3.05, 3.63) is 96.1 Å². The molecule has 0 aliphatic carbocycles. The Morgan fingerprint density at radius 1 is 0.647 bits per heavy atom. The second kappa shape index (κ2) is 9.32. The summed E-state index contributed by atoms with van der Waals surface area (Å²) < 4.78 is 0. The lowest BCUT2D eigenvalue weighted by molar-refractivity contribution is 0.307. The summed E-state index contributed by atoms with van der Waals surface area (Å²) in [5.41, 5.74) is 1.44. The van der Waals surface area contributed by atoms with E-state index >= 15 is 0 Å². The molecule has 0 aromatic heterocycles. The summed E-state index contributed by atoms with van der Waals surface area (Å²) in [6, 6.07) is 34.9. The van der Waals surface area contributed by atoms with E-state index in [4.69, 9.17) is 0 Å². The van der Waals surface area contributed by atoms with Crippen LogP contribution in [0.1, 0.15) is 63.5 Å². The van der Waals surface area contributed by atoms with Crippen LogP contribution < -0.4 is 0 Å². The largest absolute Gasteiger partial charge is 0.198 e. The highest BCUT2D eigenvalue weighted by Crippen LogP contribution is 2.47. The first kappa shape index (κ1) is 23.5. The van der Waals surface area contributed by atoms with Gasteiger partial charge in [0.1, 0.15) is 0 Å². The molecule has 170 valence electrons. The van der Waals surface area contributed by atoms with Crippen LogP contribution in [-0.4, -0.2) is 0 Å². The molecule has 0 saturated heterocycles. The molecule has 2 nitrogen and oxygen atoms in total. The highest BCUT2D eigenvalue weighted by Gasteiger charge is 2.36. The van der Waals surface area contributed by atoms with Crippen molar-refractivity contribution in [2.45, 2.75) is 52.4 Å². The Kier molecular flexibility index (Phi) is 6.45. The number of rotatable bonds is 7. The molecule has 0 amide bonds. The average Bonchev–Trinajstić information content (AvgIpc) is 2.86. The second-order valence-corrected chi connectivity index (χ2v) is 10.7. The van der Waals surface area contributed by atoms with Gasteiger partial charge in [0.2, 0.25) is 0 Å². The van der Waals surface area contributed by atoms with E-state index in [0.29, 0.717) is 0 Å². The van der Waals surface area contributed by atoms with E-state index in [-0.39, 0.29) is 11.8 Å². The monoisotopic (exact) mass is 444 g/mol. The molecule has 4 aromatic carbocycles. The molecule has 0 aliphatic heterocycles. The fraction of sp³-hybridized carbons (Fsp3) is 0.312. The smallest absolute Gasteiger partial charge is 0.0690 e. The molecule has 0 heterocycles.